The van der Waals surface area contributed by atoms with Crippen molar-refractivity contribution in [2.24, 2.45) is 13.0 Å². The summed E-state index contributed by atoms with van der Waals surface area (Å²) >= 11 is 0. The van der Waals surface area contributed by atoms with Crippen molar-refractivity contribution < 1.29 is 4.79 Å². The summed E-state index contributed by atoms with van der Waals surface area (Å²) in [6, 6.07) is 1.88. The molecule has 0 saturated carbocycles. The first-order valence-corrected chi connectivity index (χ1v) is 4.11. The summed E-state index contributed by atoms with van der Waals surface area (Å²) < 4.78 is 1.74. The third-order valence-electron chi connectivity index (χ3n) is 1.92. The first-order valence-electron chi connectivity index (χ1n) is 4.11. The summed E-state index contributed by atoms with van der Waals surface area (Å²) in [5.41, 5.74) is 0.980. The molecule has 0 radical (unpaired) electrons. The molecule has 66 valence electrons. The lowest BCUT2D eigenvalue weighted by molar-refractivity contribution is -0.121. The van der Waals surface area contributed by atoms with Crippen LogP contribution in [0.5, 0.6) is 0 Å². The van der Waals surface area contributed by atoms with Crippen LogP contribution in [0.15, 0.2) is 12.3 Å². The highest BCUT2D eigenvalue weighted by molar-refractivity contribution is 5.82. The maximum atomic E-state index is 11.3. The Morgan fingerprint density at radius 3 is 2.75 bits per heavy atom. The van der Waals surface area contributed by atoms with E-state index >= 15 is 0 Å². The minimum absolute atomic E-state index is 0.111. The molecule has 0 bridgehead atoms. The topological polar surface area (TPSA) is 34.9 Å². The third-order valence-corrected chi connectivity index (χ3v) is 1.92. The van der Waals surface area contributed by atoms with Gasteiger partial charge in [0, 0.05) is 31.3 Å². The third kappa shape index (κ3) is 1.94. The molecule has 12 heavy (non-hydrogen) atoms. The van der Waals surface area contributed by atoms with Crippen LogP contribution in [0.25, 0.3) is 0 Å². The van der Waals surface area contributed by atoms with Gasteiger partial charge in [0.1, 0.15) is 5.78 Å². The van der Waals surface area contributed by atoms with Gasteiger partial charge >= 0.3 is 0 Å². The van der Waals surface area contributed by atoms with E-state index < -0.39 is 0 Å². The number of Topliss-reactive ketones (excluding diaryl/α,β-unsaturated/α-hetero) is 1. The van der Waals surface area contributed by atoms with E-state index in [-0.39, 0.29) is 11.7 Å². The highest BCUT2D eigenvalue weighted by Gasteiger charge is 2.09. The molecule has 3 nitrogen and oxygen atoms in total. The highest BCUT2D eigenvalue weighted by Crippen LogP contribution is 2.03. The Morgan fingerprint density at radius 1 is 1.67 bits per heavy atom. The number of hydrogen-bond acceptors (Lipinski definition) is 2. The first kappa shape index (κ1) is 8.97. The summed E-state index contributed by atoms with van der Waals surface area (Å²) in [6.07, 6.45) is 2.21. The molecule has 0 fully saturated rings. The monoisotopic (exact) mass is 166 g/mol. The zero-order chi connectivity index (χ0) is 9.14. The highest BCUT2D eigenvalue weighted by atomic mass is 16.1. The molecule has 1 aromatic heterocycles. The molecule has 0 N–H and O–H groups in total. The van der Waals surface area contributed by atoms with Crippen LogP contribution in [0, 0.1) is 5.92 Å². The molecule has 0 saturated heterocycles. The molecule has 1 rings (SSSR count). The Balaban J connectivity index is 2.64. The lowest BCUT2D eigenvalue weighted by Gasteiger charge is -2.03. The van der Waals surface area contributed by atoms with Crippen molar-refractivity contribution >= 4 is 5.78 Å². The van der Waals surface area contributed by atoms with Crippen LogP contribution >= 0.6 is 0 Å². The number of ketones is 1. The SMILES string of the molecule is CC(C)C(=O)Cc1ccnn1C. The van der Waals surface area contributed by atoms with Crippen molar-refractivity contribution in [3.05, 3.63) is 18.0 Å². The number of nitrogens with zero attached hydrogens (tertiary/aromatic N) is 2. The van der Waals surface area contributed by atoms with Crippen molar-refractivity contribution in [3.8, 4) is 0 Å². The van der Waals surface area contributed by atoms with Gasteiger partial charge in [-0.05, 0) is 6.07 Å². The maximum Gasteiger partial charge on any atom is 0.141 e. The van der Waals surface area contributed by atoms with Gasteiger partial charge in [-0.1, -0.05) is 13.8 Å². The van der Waals surface area contributed by atoms with Gasteiger partial charge in [-0.15, -0.1) is 0 Å². The fourth-order valence-electron chi connectivity index (χ4n) is 0.957. The fraction of sp³-hybridized carbons (Fsp3) is 0.556. The smallest absolute Gasteiger partial charge is 0.141 e. The molecule has 3 heteroatoms. The molecule has 1 heterocycles. The molecule has 0 amide bonds. The fourth-order valence-corrected chi connectivity index (χ4v) is 0.957. The van der Waals surface area contributed by atoms with Crippen molar-refractivity contribution in [3.63, 3.8) is 0 Å². The van der Waals surface area contributed by atoms with E-state index in [0.29, 0.717) is 6.42 Å². The summed E-state index contributed by atoms with van der Waals surface area (Å²) in [4.78, 5) is 11.3. The Morgan fingerprint density at radius 2 is 2.33 bits per heavy atom. The molecule has 1 aromatic rings. The van der Waals surface area contributed by atoms with Gasteiger partial charge in [0.15, 0.2) is 0 Å². The number of rotatable bonds is 3. The predicted molar refractivity (Wildman–Crippen MR) is 46.8 cm³/mol. The van der Waals surface area contributed by atoms with Crippen LogP contribution in [0.3, 0.4) is 0 Å². The van der Waals surface area contributed by atoms with Crippen LogP contribution in [-0.2, 0) is 18.3 Å². The van der Waals surface area contributed by atoms with Gasteiger partial charge in [-0.25, -0.2) is 0 Å². The van der Waals surface area contributed by atoms with Crippen molar-refractivity contribution in [1.82, 2.24) is 9.78 Å². The van der Waals surface area contributed by atoms with Crippen molar-refractivity contribution in [1.29, 1.82) is 0 Å². The lowest BCUT2D eigenvalue weighted by atomic mass is 10.1. The van der Waals surface area contributed by atoms with E-state index in [1.165, 1.54) is 0 Å². The molecule has 0 aliphatic carbocycles. The average Bonchev–Trinajstić information content (AvgIpc) is 2.36. The van der Waals surface area contributed by atoms with Gasteiger partial charge in [-0.2, -0.15) is 5.10 Å². The summed E-state index contributed by atoms with van der Waals surface area (Å²) in [5, 5.41) is 3.99. The molecular formula is C9H14N2O. The van der Waals surface area contributed by atoms with Crippen LogP contribution in [0.2, 0.25) is 0 Å². The minimum atomic E-state index is 0.111. The van der Waals surface area contributed by atoms with Gasteiger partial charge in [0.25, 0.3) is 0 Å². The molecule has 0 atom stereocenters. The molecule has 0 aliphatic rings. The second-order valence-corrected chi connectivity index (χ2v) is 3.24. The van der Waals surface area contributed by atoms with E-state index in [2.05, 4.69) is 5.10 Å². The molecule has 0 spiro atoms. The molecule has 0 aromatic carbocycles. The van der Waals surface area contributed by atoms with Crippen molar-refractivity contribution in [2.75, 3.05) is 0 Å². The predicted octanol–water partition coefficient (Wildman–Crippen LogP) is 1.19. The molecule has 0 aliphatic heterocycles. The number of hydrogen-bond donors (Lipinski definition) is 0. The van der Waals surface area contributed by atoms with Crippen LogP contribution in [-0.4, -0.2) is 15.6 Å². The van der Waals surface area contributed by atoms with Crippen LogP contribution < -0.4 is 0 Å². The Bertz CT molecular complexity index is 276. The zero-order valence-electron chi connectivity index (χ0n) is 7.74. The van der Waals surface area contributed by atoms with Crippen molar-refractivity contribution in [2.45, 2.75) is 20.3 Å². The number of carbonyl (C=O) groups is 1. The van der Waals surface area contributed by atoms with E-state index in [9.17, 15) is 4.79 Å². The number of aromatic nitrogens is 2. The van der Waals surface area contributed by atoms with Crippen LogP contribution in [0.1, 0.15) is 19.5 Å². The van der Waals surface area contributed by atoms with Gasteiger partial charge in [-0.3, -0.25) is 9.48 Å². The standard InChI is InChI=1S/C9H14N2O/c1-7(2)9(12)6-8-4-5-10-11(8)3/h4-5,7H,6H2,1-3H3. The molecular weight excluding hydrogens is 152 g/mol. The lowest BCUT2D eigenvalue weighted by Crippen LogP contribution is -2.12. The first-order chi connectivity index (χ1) is 5.61. The summed E-state index contributed by atoms with van der Waals surface area (Å²) in [6.45, 7) is 3.83. The van der Waals surface area contributed by atoms with Gasteiger partial charge in [0.2, 0.25) is 0 Å². The zero-order valence-corrected chi connectivity index (χ0v) is 7.74. The van der Waals surface area contributed by atoms with Gasteiger partial charge < -0.3 is 0 Å². The maximum absolute atomic E-state index is 11.3. The van der Waals surface area contributed by atoms with Crippen LogP contribution in [0.4, 0.5) is 0 Å². The molecule has 0 unspecified atom stereocenters. The largest absolute Gasteiger partial charge is 0.299 e. The number of aryl methyl sites for hydroxylation is 1. The summed E-state index contributed by atoms with van der Waals surface area (Å²) in [5.74, 6) is 0.374. The van der Waals surface area contributed by atoms with E-state index in [0.717, 1.165) is 5.69 Å². The second-order valence-electron chi connectivity index (χ2n) is 3.24. The van der Waals surface area contributed by atoms with Gasteiger partial charge in [0.05, 0.1) is 0 Å². The van der Waals surface area contributed by atoms with E-state index in [1.807, 2.05) is 27.0 Å². The Hall–Kier alpha value is -1.12. The normalized spacial score (nSPS) is 10.7. The Kier molecular flexibility index (Phi) is 2.63. The average molecular weight is 166 g/mol. The minimum Gasteiger partial charge on any atom is -0.299 e. The summed E-state index contributed by atoms with van der Waals surface area (Å²) in [7, 11) is 1.85. The van der Waals surface area contributed by atoms with E-state index in [4.69, 9.17) is 0 Å². The number of carbonyl (C=O) groups excluding carboxylic acids is 1. The second kappa shape index (κ2) is 3.52. The Labute approximate surface area is 72.4 Å². The van der Waals surface area contributed by atoms with E-state index in [1.54, 1.807) is 10.9 Å². The quantitative estimate of drug-likeness (QED) is 0.676.